The van der Waals surface area contributed by atoms with Crippen molar-refractivity contribution < 1.29 is 23.1 Å². The van der Waals surface area contributed by atoms with Gasteiger partial charge in [-0.3, -0.25) is 0 Å². The second kappa shape index (κ2) is 2.79. The average Bonchev–Trinajstić information content (AvgIpc) is 2.29. The minimum Gasteiger partial charge on any atom is -0.478 e. The quantitative estimate of drug-likeness (QED) is 0.738. The molecule has 0 bridgehead atoms. The molecule has 0 saturated carbocycles. The van der Waals surface area contributed by atoms with Crippen molar-refractivity contribution in [2.45, 2.75) is 6.18 Å². The van der Waals surface area contributed by atoms with Gasteiger partial charge in [-0.25, -0.2) is 4.79 Å². The van der Waals surface area contributed by atoms with E-state index in [4.69, 9.17) is 5.11 Å². The number of carboxylic acids is 1. The second-order valence-electron chi connectivity index (χ2n) is 2.55. The Morgan fingerprint density at radius 3 is 2.31 bits per heavy atom. The molecule has 13 heavy (non-hydrogen) atoms. The van der Waals surface area contributed by atoms with Gasteiger partial charge in [-0.2, -0.15) is 13.2 Å². The lowest BCUT2D eigenvalue weighted by atomic mass is 10.2. The van der Waals surface area contributed by atoms with E-state index >= 15 is 0 Å². The zero-order valence-corrected chi connectivity index (χ0v) is 6.59. The molecular weight excluding hydrogens is 187 g/mol. The highest BCUT2D eigenvalue weighted by Gasteiger charge is 2.36. The molecule has 72 valence electrons. The Morgan fingerprint density at radius 1 is 1.46 bits per heavy atom. The van der Waals surface area contributed by atoms with Gasteiger partial charge >= 0.3 is 12.1 Å². The standard InChI is InChI=1S/C7H6F3NO2/c1-11-2-4(6(12)13)5(3-11)7(8,9)10/h2-3H,1H3,(H,12,13). The van der Waals surface area contributed by atoms with E-state index in [0.717, 1.165) is 17.0 Å². The molecular formula is C7H6F3NO2. The van der Waals surface area contributed by atoms with E-state index in [2.05, 4.69) is 0 Å². The maximum atomic E-state index is 12.1. The van der Waals surface area contributed by atoms with Crippen LogP contribution >= 0.6 is 0 Å². The molecule has 0 aromatic carbocycles. The van der Waals surface area contributed by atoms with Crippen molar-refractivity contribution >= 4 is 5.97 Å². The van der Waals surface area contributed by atoms with E-state index in [1.807, 2.05) is 0 Å². The number of alkyl halides is 3. The number of carbonyl (C=O) groups is 1. The molecule has 1 N–H and O–H groups in total. The molecule has 0 fully saturated rings. The Labute approximate surface area is 71.4 Å². The average molecular weight is 193 g/mol. The molecule has 0 aliphatic rings. The van der Waals surface area contributed by atoms with Crippen molar-refractivity contribution in [3.8, 4) is 0 Å². The van der Waals surface area contributed by atoms with Crippen LogP contribution in [0, 0.1) is 0 Å². The highest BCUT2D eigenvalue weighted by atomic mass is 19.4. The van der Waals surface area contributed by atoms with Gasteiger partial charge in [0, 0.05) is 19.4 Å². The number of carboxylic acid groups (broad SMARTS) is 1. The monoisotopic (exact) mass is 193 g/mol. The van der Waals surface area contributed by atoms with Crippen LogP contribution in [0.25, 0.3) is 0 Å². The number of aromatic carboxylic acids is 1. The SMILES string of the molecule is Cn1cc(C(=O)O)c(C(F)(F)F)c1. The molecule has 0 aliphatic carbocycles. The molecule has 0 amide bonds. The lowest BCUT2D eigenvalue weighted by molar-refractivity contribution is -0.138. The molecule has 6 heteroatoms. The third-order valence-corrected chi connectivity index (χ3v) is 1.49. The molecule has 1 aromatic heterocycles. The van der Waals surface area contributed by atoms with Gasteiger partial charge in [0.25, 0.3) is 0 Å². The molecule has 1 rings (SSSR count). The maximum absolute atomic E-state index is 12.1. The molecule has 3 nitrogen and oxygen atoms in total. The lowest BCUT2D eigenvalue weighted by Gasteiger charge is -2.03. The Kier molecular flexibility index (Phi) is 2.07. The molecule has 0 saturated heterocycles. The summed E-state index contributed by atoms with van der Waals surface area (Å²) in [5.74, 6) is -1.58. The van der Waals surface area contributed by atoms with Crippen LogP contribution in [-0.2, 0) is 13.2 Å². The lowest BCUT2D eigenvalue weighted by Crippen LogP contribution is -2.09. The second-order valence-corrected chi connectivity index (χ2v) is 2.55. The van der Waals surface area contributed by atoms with Crippen molar-refractivity contribution in [3.63, 3.8) is 0 Å². The van der Waals surface area contributed by atoms with Gasteiger partial charge < -0.3 is 9.67 Å². The minimum absolute atomic E-state index is 0.727. The highest BCUT2D eigenvalue weighted by Crippen LogP contribution is 2.32. The zero-order valence-electron chi connectivity index (χ0n) is 6.59. The van der Waals surface area contributed by atoms with Gasteiger partial charge in [0.05, 0.1) is 11.1 Å². The van der Waals surface area contributed by atoms with Crippen molar-refractivity contribution in [2.24, 2.45) is 7.05 Å². The van der Waals surface area contributed by atoms with E-state index in [9.17, 15) is 18.0 Å². The maximum Gasteiger partial charge on any atom is 0.418 e. The topological polar surface area (TPSA) is 42.2 Å². The first-order valence-corrected chi connectivity index (χ1v) is 3.29. The smallest absolute Gasteiger partial charge is 0.418 e. The summed E-state index contributed by atoms with van der Waals surface area (Å²) in [5, 5.41) is 8.43. The fourth-order valence-corrected chi connectivity index (χ4v) is 0.980. The van der Waals surface area contributed by atoms with Crippen LogP contribution in [0.2, 0.25) is 0 Å². The summed E-state index contributed by atoms with van der Waals surface area (Å²) in [7, 11) is 1.34. The fourth-order valence-electron chi connectivity index (χ4n) is 0.980. The normalized spacial score (nSPS) is 11.7. The Balaban J connectivity index is 3.28. The van der Waals surface area contributed by atoms with Crippen molar-refractivity contribution in [3.05, 3.63) is 23.5 Å². The summed E-state index contributed by atoms with van der Waals surface area (Å²) in [6.45, 7) is 0. The van der Waals surface area contributed by atoms with E-state index in [-0.39, 0.29) is 0 Å². The Morgan fingerprint density at radius 2 is 2.00 bits per heavy atom. The number of halogens is 3. The van der Waals surface area contributed by atoms with Crippen LogP contribution < -0.4 is 0 Å². The number of hydrogen-bond acceptors (Lipinski definition) is 1. The van der Waals surface area contributed by atoms with Gasteiger partial charge in [-0.1, -0.05) is 0 Å². The molecule has 1 aromatic rings. The van der Waals surface area contributed by atoms with Gasteiger partial charge in [0.15, 0.2) is 0 Å². The van der Waals surface area contributed by atoms with Gasteiger partial charge in [0.2, 0.25) is 0 Å². The summed E-state index contributed by atoms with van der Waals surface area (Å²) < 4.78 is 37.5. The van der Waals surface area contributed by atoms with E-state index in [1.54, 1.807) is 0 Å². The third-order valence-electron chi connectivity index (χ3n) is 1.49. The summed E-state index contributed by atoms with van der Waals surface area (Å²) in [6.07, 6.45) is -2.95. The molecule has 0 radical (unpaired) electrons. The predicted octanol–water partition coefficient (Wildman–Crippen LogP) is 1.74. The van der Waals surface area contributed by atoms with Crippen LogP contribution in [0.5, 0.6) is 0 Å². The van der Waals surface area contributed by atoms with Gasteiger partial charge in [-0.15, -0.1) is 0 Å². The van der Waals surface area contributed by atoms with Crippen molar-refractivity contribution in [1.82, 2.24) is 4.57 Å². The first-order chi connectivity index (χ1) is 5.82. The van der Waals surface area contributed by atoms with E-state index in [0.29, 0.717) is 0 Å². The molecule has 0 aliphatic heterocycles. The number of aromatic nitrogens is 1. The predicted molar refractivity (Wildman–Crippen MR) is 37.4 cm³/mol. The number of nitrogens with zero attached hydrogens (tertiary/aromatic N) is 1. The largest absolute Gasteiger partial charge is 0.478 e. The molecule has 1 heterocycles. The molecule has 0 unspecified atom stereocenters. The fraction of sp³-hybridized carbons (Fsp3) is 0.286. The summed E-state index contributed by atoms with van der Waals surface area (Å²) >= 11 is 0. The minimum atomic E-state index is -4.62. The van der Waals surface area contributed by atoms with Crippen LogP contribution in [-0.4, -0.2) is 15.6 Å². The Bertz CT molecular complexity index is 340. The van der Waals surface area contributed by atoms with Gasteiger partial charge in [0.1, 0.15) is 0 Å². The number of hydrogen-bond donors (Lipinski definition) is 1. The number of rotatable bonds is 1. The van der Waals surface area contributed by atoms with E-state index < -0.39 is 23.3 Å². The van der Waals surface area contributed by atoms with Crippen LogP contribution in [0.3, 0.4) is 0 Å². The van der Waals surface area contributed by atoms with Crippen molar-refractivity contribution in [1.29, 1.82) is 0 Å². The van der Waals surface area contributed by atoms with E-state index in [1.165, 1.54) is 7.05 Å². The van der Waals surface area contributed by atoms with Crippen LogP contribution in [0.15, 0.2) is 12.4 Å². The van der Waals surface area contributed by atoms with Crippen LogP contribution in [0.4, 0.5) is 13.2 Å². The first kappa shape index (κ1) is 9.63. The van der Waals surface area contributed by atoms with Gasteiger partial charge in [-0.05, 0) is 0 Å². The molecule has 0 atom stereocenters. The summed E-state index contributed by atoms with van der Waals surface area (Å²) in [5.41, 5.74) is -1.85. The van der Waals surface area contributed by atoms with Crippen molar-refractivity contribution in [2.75, 3.05) is 0 Å². The Hall–Kier alpha value is -1.46. The third kappa shape index (κ3) is 1.82. The zero-order chi connectivity index (χ0) is 10.2. The number of aryl methyl sites for hydroxylation is 1. The highest BCUT2D eigenvalue weighted by molar-refractivity contribution is 5.89. The van der Waals surface area contributed by atoms with Crippen LogP contribution in [0.1, 0.15) is 15.9 Å². The summed E-state index contributed by atoms with van der Waals surface area (Å²) in [4.78, 5) is 10.4. The first-order valence-electron chi connectivity index (χ1n) is 3.29. The molecule has 0 spiro atoms. The summed E-state index contributed by atoms with van der Waals surface area (Å²) in [6, 6.07) is 0.